The van der Waals surface area contributed by atoms with E-state index in [0.717, 1.165) is 24.1 Å². The Morgan fingerprint density at radius 2 is 2.06 bits per heavy atom. The molecular formula is C14H17NO3. The summed E-state index contributed by atoms with van der Waals surface area (Å²) in [5, 5.41) is 4.11. The van der Waals surface area contributed by atoms with Crippen molar-refractivity contribution in [1.29, 1.82) is 0 Å². The third kappa shape index (κ3) is 2.88. The fourth-order valence-corrected chi connectivity index (χ4v) is 1.67. The minimum absolute atomic E-state index is 0.267. The molecule has 0 radical (unpaired) electrons. The highest BCUT2D eigenvalue weighted by Crippen LogP contribution is 2.22. The lowest BCUT2D eigenvalue weighted by molar-refractivity contribution is 0.00604. The number of rotatable bonds is 4. The molecule has 0 heterocycles. The average molecular weight is 247 g/mol. The Bertz CT molecular complexity index is 464. The molecular weight excluding hydrogens is 230 g/mol. The number of carbonyl (C=O) groups is 1. The van der Waals surface area contributed by atoms with E-state index >= 15 is 0 Å². The third-order valence-corrected chi connectivity index (χ3v) is 3.09. The van der Waals surface area contributed by atoms with Crippen LogP contribution < -0.4 is 0 Å². The molecule has 0 aliphatic heterocycles. The Morgan fingerprint density at radius 1 is 1.33 bits per heavy atom. The largest absolute Gasteiger partial charge is 0.465 e. The molecule has 4 nitrogen and oxygen atoms in total. The van der Waals surface area contributed by atoms with Gasteiger partial charge in [0.25, 0.3) is 0 Å². The highest BCUT2D eigenvalue weighted by atomic mass is 16.6. The number of oxime groups is 1. The molecule has 2 rings (SSSR count). The molecule has 1 fully saturated rings. The minimum Gasteiger partial charge on any atom is -0.465 e. The number of ether oxygens (including phenoxy) is 1. The maximum absolute atomic E-state index is 11.4. The molecule has 1 saturated carbocycles. The Morgan fingerprint density at radius 3 is 2.67 bits per heavy atom. The molecule has 0 atom stereocenters. The summed E-state index contributed by atoms with van der Waals surface area (Å²) in [7, 11) is 1.37. The topological polar surface area (TPSA) is 47.9 Å². The second-order valence-electron chi connectivity index (χ2n) is 4.41. The van der Waals surface area contributed by atoms with E-state index in [1.54, 1.807) is 12.1 Å². The van der Waals surface area contributed by atoms with Gasteiger partial charge in [-0.3, -0.25) is 0 Å². The number of hydrogen-bond donors (Lipinski definition) is 0. The van der Waals surface area contributed by atoms with Crippen molar-refractivity contribution in [2.24, 2.45) is 5.16 Å². The van der Waals surface area contributed by atoms with Gasteiger partial charge in [0, 0.05) is 0 Å². The number of carbonyl (C=O) groups excluding carboxylic acids is 1. The van der Waals surface area contributed by atoms with E-state index in [2.05, 4.69) is 9.89 Å². The molecule has 0 N–H and O–H groups in total. The van der Waals surface area contributed by atoms with Crippen molar-refractivity contribution in [3.63, 3.8) is 0 Å². The van der Waals surface area contributed by atoms with E-state index in [4.69, 9.17) is 4.84 Å². The molecule has 1 aliphatic carbocycles. The van der Waals surface area contributed by atoms with Crippen molar-refractivity contribution in [3.8, 4) is 0 Å². The Labute approximate surface area is 107 Å². The van der Waals surface area contributed by atoms with Crippen LogP contribution in [-0.2, 0) is 9.57 Å². The molecule has 4 heteroatoms. The summed E-state index contributed by atoms with van der Waals surface area (Å²) in [5.74, 6) is -0.343. The van der Waals surface area contributed by atoms with Crippen LogP contribution in [0.2, 0.25) is 0 Å². The first-order valence-electron chi connectivity index (χ1n) is 6.10. The number of nitrogens with zero attached hydrogens (tertiary/aromatic N) is 1. The van der Waals surface area contributed by atoms with Crippen LogP contribution in [0.3, 0.4) is 0 Å². The first-order chi connectivity index (χ1) is 8.70. The van der Waals surface area contributed by atoms with Gasteiger partial charge in [-0.05, 0) is 43.9 Å². The van der Waals surface area contributed by atoms with Gasteiger partial charge >= 0.3 is 5.97 Å². The standard InChI is InChI=1S/C14H17NO3/c1-10(15-18-13-7-4-8-13)11-5-3-6-12(9-11)14(16)17-2/h3,5-6,9,13H,4,7-8H2,1-2H3. The van der Waals surface area contributed by atoms with Crippen molar-refractivity contribution in [3.05, 3.63) is 35.4 Å². The second-order valence-corrected chi connectivity index (χ2v) is 4.41. The molecule has 0 unspecified atom stereocenters. The normalized spacial score (nSPS) is 16.0. The van der Waals surface area contributed by atoms with Crippen LogP contribution in [0, 0.1) is 0 Å². The van der Waals surface area contributed by atoms with E-state index < -0.39 is 0 Å². The first kappa shape index (κ1) is 12.6. The summed E-state index contributed by atoms with van der Waals surface area (Å²) in [6.07, 6.45) is 3.65. The summed E-state index contributed by atoms with van der Waals surface area (Å²) in [6.45, 7) is 1.87. The summed E-state index contributed by atoms with van der Waals surface area (Å²) in [5.41, 5.74) is 2.16. The van der Waals surface area contributed by atoms with Gasteiger partial charge in [0.2, 0.25) is 0 Å². The van der Waals surface area contributed by atoms with Crippen LogP contribution in [-0.4, -0.2) is 24.9 Å². The molecule has 1 aliphatic rings. The molecule has 0 aromatic heterocycles. The Hall–Kier alpha value is -1.84. The summed E-state index contributed by atoms with van der Waals surface area (Å²) < 4.78 is 4.69. The molecule has 0 bridgehead atoms. The lowest BCUT2D eigenvalue weighted by Gasteiger charge is -2.22. The maximum Gasteiger partial charge on any atom is 0.337 e. The zero-order valence-electron chi connectivity index (χ0n) is 10.7. The monoisotopic (exact) mass is 247 g/mol. The molecule has 96 valence electrons. The van der Waals surface area contributed by atoms with E-state index in [0.29, 0.717) is 5.56 Å². The smallest absolute Gasteiger partial charge is 0.337 e. The fraction of sp³-hybridized carbons (Fsp3) is 0.429. The van der Waals surface area contributed by atoms with Crippen molar-refractivity contribution in [2.45, 2.75) is 32.3 Å². The third-order valence-electron chi connectivity index (χ3n) is 3.09. The summed E-state index contributed by atoms with van der Waals surface area (Å²) >= 11 is 0. The van der Waals surface area contributed by atoms with E-state index in [9.17, 15) is 4.79 Å². The number of hydrogen-bond acceptors (Lipinski definition) is 4. The van der Waals surface area contributed by atoms with Crippen molar-refractivity contribution < 1.29 is 14.4 Å². The van der Waals surface area contributed by atoms with Gasteiger partial charge in [0.15, 0.2) is 0 Å². The van der Waals surface area contributed by atoms with Crippen molar-refractivity contribution in [2.75, 3.05) is 7.11 Å². The Balaban J connectivity index is 2.08. The van der Waals surface area contributed by atoms with Crippen LogP contribution in [0.25, 0.3) is 0 Å². The average Bonchev–Trinajstić information content (AvgIpc) is 2.36. The Kier molecular flexibility index (Phi) is 3.97. The fourth-order valence-electron chi connectivity index (χ4n) is 1.67. The number of methoxy groups -OCH3 is 1. The van der Waals surface area contributed by atoms with Crippen LogP contribution >= 0.6 is 0 Å². The maximum atomic E-state index is 11.4. The van der Waals surface area contributed by atoms with Crippen LogP contribution in [0.15, 0.2) is 29.4 Å². The van der Waals surface area contributed by atoms with E-state index in [1.165, 1.54) is 13.5 Å². The lowest BCUT2D eigenvalue weighted by atomic mass is 9.97. The summed E-state index contributed by atoms with van der Waals surface area (Å²) in [6, 6.07) is 7.18. The predicted octanol–water partition coefficient (Wildman–Crippen LogP) is 2.77. The zero-order chi connectivity index (χ0) is 13.0. The van der Waals surface area contributed by atoms with Gasteiger partial charge in [-0.1, -0.05) is 17.3 Å². The zero-order valence-corrected chi connectivity index (χ0v) is 10.7. The van der Waals surface area contributed by atoms with Gasteiger partial charge in [-0.25, -0.2) is 4.79 Å². The van der Waals surface area contributed by atoms with Crippen LogP contribution in [0.5, 0.6) is 0 Å². The molecule has 1 aromatic rings. The predicted molar refractivity (Wildman–Crippen MR) is 68.7 cm³/mol. The quantitative estimate of drug-likeness (QED) is 0.467. The van der Waals surface area contributed by atoms with Gasteiger partial charge in [-0.15, -0.1) is 0 Å². The second kappa shape index (κ2) is 5.67. The first-order valence-corrected chi connectivity index (χ1v) is 6.10. The number of esters is 1. The lowest BCUT2D eigenvalue weighted by Crippen LogP contribution is -2.19. The van der Waals surface area contributed by atoms with Crippen molar-refractivity contribution >= 4 is 11.7 Å². The number of benzene rings is 1. The van der Waals surface area contributed by atoms with Crippen LogP contribution in [0.4, 0.5) is 0 Å². The summed E-state index contributed by atoms with van der Waals surface area (Å²) in [4.78, 5) is 16.8. The van der Waals surface area contributed by atoms with Crippen LogP contribution in [0.1, 0.15) is 42.1 Å². The van der Waals surface area contributed by atoms with E-state index in [1.807, 2.05) is 19.1 Å². The molecule has 18 heavy (non-hydrogen) atoms. The highest BCUT2D eigenvalue weighted by Gasteiger charge is 2.18. The molecule has 0 saturated heterocycles. The van der Waals surface area contributed by atoms with Gasteiger partial charge in [0.1, 0.15) is 6.10 Å². The van der Waals surface area contributed by atoms with Gasteiger partial charge in [0.05, 0.1) is 18.4 Å². The molecule has 1 aromatic carbocycles. The highest BCUT2D eigenvalue weighted by molar-refractivity contribution is 6.00. The van der Waals surface area contributed by atoms with Gasteiger partial charge < -0.3 is 9.57 Å². The molecule has 0 amide bonds. The SMILES string of the molecule is COC(=O)c1cccc(C(C)=NOC2CCC2)c1. The van der Waals surface area contributed by atoms with E-state index in [-0.39, 0.29) is 12.1 Å². The minimum atomic E-state index is -0.343. The molecule has 0 spiro atoms. The van der Waals surface area contributed by atoms with Gasteiger partial charge in [-0.2, -0.15) is 0 Å². The van der Waals surface area contributed by atoms with Crippen molar-refractivity contribution in [1.82, 2.24) is 0 Å².